The summed E-state index contributed by atoms with van der Waals surface area (Å²) in [4.78, 5) is 15.7. The van der Waals surface area contributed by atoms with Crippen molar-refractivity contribution in [2.45, 2.75) is 45.8 Å². The predicted molar refractivity (Wildman–Crippen MR) is 66.8 cm³/mol. The maximum atomic E-state index is 11.8. The fraction of sp³-hybridized carbons (Fsp3) is 0.538. The number of amides is 1. The molecule has 1 N–H and O–H groups in total. The maximum Gasteiger partial charge on any atom is 0.260 e. The van der Waals surface area contributed by atoms with Crippen LogP contribution < -0.4 is 10.1 Å². The van der Waals surface area contributed by atoms with Gasteiger partial charge in [-0.3, -0.25) is 9.78 Å². The number of rotatable bonds is 6. The van der Waals surface area contributed by atoms with Crippen LogP contribution >= 0.6 is 0 Å². The van der Waals surface area contributed by atoms with Crippen LogP contribution in [0.4, 0.5) is 0 Å². The second-order valence-corrected chi connectivity index (χ2v) is 4.15. The molecule has 0 radical (unpaired) electrons. The molecule has 17 heavy (non-hydrogen) atoms. The summed E-state index contributed by atoms with van der Waals surface area (Å²) in [5.41, 5.74) is 0. The van der Waals surface area contributed by atoms with Gasteiger partial charge in [0.25, 0.3) is 5.91 Å². The third-order valence-electron chi connectivity index (χ3n) is 2.43. The van der Waals surface area contributed by atoms with Crippen molar-refractivity contribution in [3.05, 3.63) is 24.5 Å². The second kappa shape index (κ2) is 6.89. The van der Waals surface area contributed by atoms with Gasteiger partial charge in [0.15, 0.2) is 6.10 Å². The smallest absolute Gasteiger partial charge is 0.260 e. The molecule has 1 heterocycles. The lowest BCUT2D eigenvalue weighted by molar-refractivity contribution is -0.127. The van der Waals surface area contributed by atoms with Crippen LogP contribution in [0.5, 0.6) is 5.75 Å². The highest BCUT2D eigenvalue weighted by Gasteiger charge is 2.16. The maximum absolute atomic E-state index is 11.8. The fourth-order valence-electron chi connectivity index (χ4n) is 1.54. The van der Waals surface area contributed by atoms with Gasteiger partial charge in [0.05, 0.1) is 6.20 Å². The minimum absolute atomic E-state index is 0.0881. The molecule has 4 heteroatoms. The Morgan fingerprint density at radius 3 is 2.88 bits per heavy atom. The van der Waals surface area contributed by atoms with Crippen molar-refractivity contribution in [3.63, 3.8) is 0 Å². The van der Waals surface area contributed by atoms with Gasteiger partial charge in [-0.1, -0.05) is 13.3 Å². The molecular formula is C13H20N2O2. The first-order valence-corrected chi connectivity index (χ1v) is 6.00. The van der Waals surface area contributed by atoms with Crippen LogP contribution in [0.2, 0.25) is 0 Å². The Balaban J connectivity index is 2.42. The van der Waals surface area contributed by atoms with Crippen LogP contribution in [0.3, 0.4) is 0 Å². The zero-order chi connectivity index (χ0) is 12.7. The Morgan fingerprint density at radius 2 is 2.29 bits per heavy atom. The number of nitrogens with zero attached hydrogens (tertiary/aromatic N) is 1. The molecule has 0 saturated carbocycles. The van der Waals surface area contributed by atoms with Gasteiger partial charge in [0.2, 0.25) is 0 Å². The molecule has 1 aromatic rings. The molecule has 0 saturated heterocycles. The van der Waals surface area contributed by atoms with E-state index in [4.69, 9.17) is 4.74 Å². The molecule has 0 aliphatic carbocycles. The molecule has 0 bridgehead atoms. The molecule has 0 aliphatic heterocycles. The lowest BCUT2D eigenvalue weighted by atomic mass is 10.2. The van der Waals surface area contributed by atoms with Crippen molar-refractivity contribution in [1.82, 2.24) is 10.3 Å². The van der Waals surface area contributed by atoms with Crippen molar-refractivity contribution in [2.75, 3.05) is 0 Å². The first-order valence-electron chi connectivity index (χ1n) is 6.00. The van der Waals surface area contributed by atoms with E-state index in [1.165, 1.54) is 0 Å². The molecule has 1 aromatic heterocycles. The van der Waals surface area contributed by atoms with Gasteiger partial charge in [0.1, 0.15) is 5.75 Å². The molecule has 1 amide bonds. The van der Waals surface area contributed by atoms with Gasteiger partial charge in [-0.15, -0.1) is 0 Å². The number of aromatic nitrogens is 1. The van der Waals surface area contributed by atoms with Crippen molar-refractivity contribution in [3.8, 4) is 5.75 Å². The Kier molecular flexibility index (Phi) is 5.46. The molecule has 94 valence electrons. The Morgan fingerprint density at radius 1 is 1.53 bits per heavy atom. The quantitative estimate of drug-likeness (QED) is 0.823. The van der Waals surface area contributed by atoms with Crippen LogP contribution in [0.15, 0.2) is 24.5 Å². The molecule has 0 fully saturated rings. The van der Waals surface area contributed by atoms with Crippen LogP contribution in [0.25, 0.3) is 0 Å². The van der Waals surface area contributed by atoms with Crippen molar-refractivity contribution in [2.24, 2.45) is 0 Å². The summed E-state index contributed by atoms with van der Waals surface area (Å²) < 4.78 is 5.48. The van der Waals surface area contributed by atoms with Crippen molar-refractivity contribution in [1.29, 1.82) is 0 Å². The van der Waals surface area contributed by atoms with Gasteiger partial charge in [-0.2, -0.15) is 0 Å². The minimum Gasteiger partial charge on any atom is -0.479 e. The van der Waals surface area contributed by atoms with E-state index in [9.17, 15) is 4.79 Å². The van der Waals surface area contributed by atoms with Crippen LogP contribution in [-0.4, -0.2) is 23.0 Å². The van der Waals surface area contributed by atoms with E-state index in [0.29, 0.717) is 5.75 Å². The second-order valence-electron chi connectivity index (χ2n) is 4.15. The Labute approximate surface area is 102 Å². The van der Waals surface area contributed by atoms with E-state index in [1.807, 2.05) is 6.92 Å². The fourth-order valence-corrected chi connectivity index (χ4v) is 1.54. The largest absolute Gasteiger partial charge is 0.479 e. The standard InChI is InChI=1S/C13H20N2O2/c1-4-6-10(2)15-13(16)11(3)17-12-7-5-8-14-9-12/h5,7-11H,4,6H2,1-3H3,(H,15,16). The molecule has 4 nitrogen and oxygen atoms in total. The summed E-state index contributed by atoms with van der Waals surface area (Å²) >= 11 is 0. The van der Waals surface area contributed by atoms with E-state index >= 15 is 0 Å². The minimum atomic E-state index is -0.501. The van der Waals surface area contributed by atoms with Crippen molar-refractivity contribution < 1.29 is 9.53 Å². The summed E-state index contributed by atoms with van der Waals surface area (Å²) in [6, 6.07) is 3.75. The first-order chi connectivity index (χ1) is 8.13. The Hall–Kier alpha value is -1.58. The van der Waals surface area contributed by atoms with E-state index in [1.54, 1.807) is 31.5 Å². The van der Waals surface area contributed by atoms with Gasteiger partial charge >= 0.3 is 0 Å². The number of pyridine rings is 1. The van der Waals surface area contributed by atoms with Gasteiger partial charge in [-0.25, -0.2) is 0 Å². The summed E-state index contributed by atoms with van der Waals surface area (Å²) in [5.74, 6) is 0.521. The number of carbonyl (C=O) groups is 1. The predicted octanol–water partition coefficient (Wildman–Crippen LogP) is 2.15. The molecule has 0 spiro atoms. The number of carbonyl (C=O) groups excluding carboxylic acids is 1. The van der Waals surface area contributed by atoms with Gasteiger partial charge < -0.3 is 10.1 Å². The van der Waals surface area contributed by atoms with E-state index in [-0.39, 0.29) is 11.9 Å². The number of hydrogen-bond acceptors (Lipinski definition) is 3. The van der Waals surface area contributed by atoms with Crippen molar-refractivity contribution >= 4 is 5.91 Å². The zero-order valence-electron chi connectivity index (χ0n) is 10.6. The number of ether oxygens (including phenoxy) is 1. The third-order valence-corrected chi connectivity index (χ3v) is 2.43. The average Bonchev–Trinajstić information content (AvgIpc) is 2.30. The van der Waals surface area contributed by atoms with E-state index in [0.717, 1.165) is 12.8 Å². The average molecular weight is 236 g/mol. The topological polar surface area (TPSA) is 51.2 Å². The third kappa shape index (κ3) is 4.85. The highest BCUT2D eigenvalue weighted by atomic mass is 16.5. The van der Waals surface area contributed by atoms with Crippen LogP contribution in [0.1, 0.15) is 33.6 Å². The normalized spacial score (nSPS) is 13.8. The molecule has 2 atom stereocenters. The summed E-state index contributed by atoms with van der Waals surface area (Å²) in [5, 5.41) is 2.92. The summed E-state index contributed by atoms with van der Waals surface area (Å²) in [6.07, 6.45) is 4.80. The first kappa shape index (κ1) is 13.5. The van der Waals surface area contributed by atoms with Gasteiger partial charge in [0, 0.05) is 12.2 Å². The molecule has 2 unspecified atom stereocenters. The molecule has 0 aromatic carbocycles. The SMILES string of the molecule is CCCC(C)NC(=O)C(C)Oc1cccnc1. The lowest BCUT2D eigenvalue weighted by Crippen LogP contribution is -2.41. The summed E-state index contributed by atoms with van der Waals surface area (Å²) in [7, 11) is 0. The van der Waals surface area contributed by atoms with E-state index in [2.05, 4.69) is 17.2 Å². The number of nitrogens with one attached hydrogen (secondary N) is 1. The highest BCUT2D eigenvalue weighted by molar-refractivity contribution is 5.80. The number of hydrogen-bond donors (Lipinski definition) is 1. The van der Waals surface area contributed by atoms with Crippen LogP contribution in [-0.2, 0) is 4.79 Å². The monoisotopic (exact) mass is 236 g/mol. The van der Waals surface area contributed by atoms with E-state index < -0.39 is 6.10 Å². The lowest BCUT2D eigenvalue weighted by Gasteiger charge is -2.18. The summed E-state index contributed by atoms with van der Waals surface area (Å²) in [6.45, 7) is 5.83. The zero-order valence-corrected chi connectivity index (χ0v) is 10.6. The van der Waals surface area contributed by atoms with Crippen LogP contribution in [0, 0.1) is 0 Å². The Bertz CT molecular complexity index is 341. The van der Waals surface area contributed by atoms with Gasteiger partial charge in [-0.05, 0) is 32.4 Å². The highest BCUT2D eigenvalue weighted by Crippen LogP contribution is 2.09. The molecular weight excluding hydrogens is 216 g/mol. The molecule has 0 aliphatic rings. The molecule has 1 rings (SSSR count).